The van der Waals surface area contributed by atoms with E-state index in [-0.39, 0.29) is 0 Å². The molecule has 1 fully saturated rings. The highest BCUT2D eigenvalue weighted by Crippen LogP contribution is 2.24. The van der Waals surface area contributed by atoms with Crippen LogP contribution in [0.1, 0.15) is 59.8 Å². The quantitative estimate of drug-likeness (QED) is 0.599. The van der Waals surface area contributed by atoms with Gasteiger partial charge in [-0.1, -0.05) is 40.5 Å². The van der Waals surface area contributed by atoms with Gasteiger partial charge in [-0.05, 0) is 43.6 Å². The summed E-state index contributed by atoms with van der Waals surface area (Å²) in [5, 5.41) is 0. The van der Waals surface area contributed by atoms with E-state index < -0.39 is 0 Å². The third-order valence-electron chi connectivity index (χ3n) is 4.25. The molecule has 96 valence electrons. The van der Waals surface area contributed by atoms with E-state index >= 15 is 0 Å². The zero-order chi connectivity index (χ0) is 12.0. The van der Waals surface area contributed by atoms with Gasteiger partial charge >= 0.3 is 0 Å². The average molecular weight is 225 g/mol. The Morgan fingerprint density at radius 3 is 2.38 bits per heavy atom. The van der Waals surface area contributed by atoms with Crippen LogP contribution in [-0.2, 0) is 0 Å². The zero-order valence-corrected chi connectivity index (χ0v) is 11.8. The Bertz CT molecular complexity index is 170. The molecule has 16 heavy (non-hydrogen) atoms. The molecule has 1 saturated heterocycles. The van der Waals surface area contributed by atoms with Crippen LogP contribution < -0.4 is 0 Å². The summed E-state index contributed by atoms with van der Waals surface area (Å²) in [5.41, 5.74) is 0. The SMILES string of the molecule is CCCC1CN(CCCC(CC)C(C)C)C1. The van der Waals surface area contributed by atoms with Gasteiger partial charge in [0.15, 0.2) is 0 Å². The van der Waals surface area contributed by atoms with Gasteiger partial charge in [0, 0.05) is 13.1 Å². The standard InChI is InChI=1S/C15H31N/c1-5-8-14-11-16(12-14)10-7-9-15(6-2)13(3)4/h13-15H,5-12H2,1-4H3. The molecule has 1 heteroatoms. The molecule has 1 heterocycles. The van der Waals surface area contributed by atoms with Crippen LogP contribution in [0.25, 0.3) is 0 Å². The molecule has 1 aliphatic rings. The number of hydrogen-bond donors (Lipinski definition) is 0. The maximum absolute atomic E-state index is 2.65. The van der Waals surface area contributed by atoms with E-state index in [1.807, 2.05) is 0 Å². The molecule has 0 aromatic heterocycles. The van der Waals surface area contributed by atoms with Gasteiger partial charge in [0.1, 0.15) is 0 Å². The summed E-state index contributed by atoms with van der Waals surface area (Å²) in [6, 6.07) is 0. The maximum Gasteiger partial charge on any atom is 0.00220 e. The summed E-state index contributed by atoms with van der Waals surface area (Å²) in [4.78, 5) is 2.65. The molecule has 0 aromatic rings. The molecule has 0 saturated carbocycles. The molecule has 1 unspecified atom stereocenters. The topological polar surface area (TPSA) is 3.24 Å². The fourth-order valence-corrected chi connectivity index (χ4v) is 3.04. The first-order valence-electron chi connectivity index (χ1n) is 7.39. The van der Waals surface area contributed by atoms with E-state index in [0.29, 0.717) is 0 Å². The van der Waals surface area contributed by atoms with Crippen molar-refractivity contribution in [2.75, 3.05) is 19.6 Å². The fourth-order valence-electron chi connectivity index (χ4n) is 3.04. The van der Waals surface area contributed by atoms with Crippen LogP contribution in [0.15, 0.2) is 0 Å². The highest BCUT2D eigenvalue weighted by Gasteiger charge is 2.25. The van der Waals surface area contributed by atoms with Gasteiger partial charge in [0.2, 0.25) is 0 Å². The molecule has 0 N–H and O–H groups in total. The van der Waals surface area contributed by atoms with Crippen molar-refractivity contribution in [2.45, 2.75) is 59.8 Å². The number of likely N-dealkylation sites (tertiary alicyclic amines) is 1. The minimum absolute atomic E-state index is 0.870. The van der Waals surface area contributed by atoms with Crippen LogP contribution in [-0.4, -0.2) is 24.5 Å². The van der Waals surface area contributed by atoms with Crippen LogP contribution in [0.3, 0.4) is 0 Å². The molecular formula is C15H31N. The minimum atomic E-state index is 0.870. The molecular weight excluding hydrogens is 194 g/mol. The van der Waals surface area contributed by atoms with Gasteiger partial charge in [-0.25, -0.2) is 0 Å². The molecule has 0 spiro atoms. The Hall–Kier alpha value is -0.0400. The van der Waals surface area contributed by atoms with E-state index in [0.717, 1.165) is 17.8 Å². The number of hydrogen-bond acceptors (Lipinski definition) is 1. The maximum atomic E-state index is 2.65. The van der Waals surface area contributed by atoms with Crippen molar-refractivity contribution in [1.29, 1.82) is 0 Å². The Morgan fingerprint density at radius 1 is 1.19 bits per heavy atom. The molecule has 0 radical (unpaired) electrons. The second-order valence-electron chi connectivity index (χ2n) is 5.97. The second kappa shape index (κ2) is 7.32. The van der Waals surface area contributed by atoms with Gasteiger partial charge < -0.3 is 4.90 Å². The number of nitrogens with zero attached hydrogens (tertiary/aromatic N) is 1. The van der Waals surface area contributed by atoms with Crippen molar-refractivity contribution in [3.05, 3.63) is 0 Å². The van der Waals surface area contributed by atoms with E-state index in [1.165, 1.54) is 51.7 Å². The fraction of sp³-hybridized carbons (Fsp3) is 1.00. The number of rotatable bonds is 8. The van der Waals surface area contributed by atoms with Crippen molar-refractivity contribution in [3.8, 4) is 0 Å². The molecule has 0 bridgehead atoms. The van der Waals surface area contributed by atoms with Crippen LogP contribution in [0.4, 0.5) is 0 Å². The van der Waals surface area contributed by atoms with Gasteiger partial charge in [-0.3, -0.25) is 0 Å². The lowest BCUT2D eigenvalue weighted by molar-refractivity contribution is 0.0892. The summed E-state index contributed by atoms with van der Waals surface area (Å²) in [7, 11) is 0. The normalized spacial score (nSPS) is 20.1. The van der Waals surface area contributed by atoms with Gasteiger partial charge in [-0.15, -0.1) is 0 Å². The van der Waals surface area contributed by atoms with Crippen LogP contribution in [0, 0.1) is 17.8 Å². The van der Waals surface area contributed by atoms with Crippen molar-refractivity contribution in [3.63, 3.8) is 0 Å². The summed E-state index contributed by atoms with van der Waals surface area (Å²) in [6.45, 7) is 13.5. The van der Waals surface area contributed by atoms with Crippen molar-refractivity contribution >= 4 is 0 Å². The first-order chi connectivity index (χ1) is 7.67. The molecule has 0 aromatic carbocycles. The first kappa shape index (κ1) is 14.0. The Labute approximate surface area is 103 Å². The largest absolute Gasteiger partial charge is 0.303 e. The van der Waals surface area contributed by atoms with Crippen molar-refractivity contribution in [1.82, 2.24) is 4.90 Å². The van der Waals surface area contributed by atoms with Crippen molar-refractivity contribution < 1.29 is 0 Å². The Kier molecular flexibility index (Phi) is 6.41. The monoisotopic (exact) mass is 225 g/mol. The third kappa shape index (κ3) is 4.45. The highest BCUT2D eigenvalue weighted by atomic mass is 15.2. The highest BCUT2D eigenvalue weighted by molar-refractivity contribution is 4.79. The predicted octanol–water partition coefficient (Wildman–Crippen LogP) is 4.18. The zero-order valence-electron chi connectivity index (χ0n) is 11.8. The second-order valence-corrected chi connectivity index (χ2v) is 5.97. The van der Waals surface area contributed by atoms with Crippen molar-refractivity contribution in [2.24, 2.45) is 17.8 Å². The van der Waals surface area contributed by atoms with Gasteiger partial charge in [0.05, 0.1) is 0 Å². The summed E-state index contributed by atoms with van der Waals surface area (Å²) < 4.78 is 0. The summed E-state index contributed by atoms with van der Waals surface area (Å²) in [5.74, 6) is 2.85. The Morgan fingerprint density at radius 2 is 1.88 bits per heavy atom. The third-order valence-corrected chi connectivity index (χ3v) is 4.25. The molecule has 1 rings (SSSR count). The lowest BCUT2D eigenvalue weighted by Gasteiger charge is -2.39. The smallest absolute Gasteiger partial charge is 0.00220 e. The predicted molar refractivity (Wildman–Crippen MR) is 72.7 cm³/mol. The summed E-state index contributed by atoms with van der Waals surface area (Å²) >= 11 is 0. The lowest BCUT2D eigenvalue weighted by Crippen LogP contribution is -2.46. The average Bonchev–Trinajstić information content (AvgIpc) is 2.19. The van der Waals surface area contributed by atoms with E-state index in [2.05, 4.69) is 32.6 Å². The summed E-state index contributed by atoms with van der Waals surface area (Å²) in [6.07, 6.45) is 7.01. The van der Waals surface area contributed by atoms with E-state index in [9.17, 15) is 0 Å². The van der Waals surface area contributed by atoms with Crippen LogP contribution in [0.2, 0.25) is 0 Å². The van der Waals surface area contributed by atoms with Crippen LogP contribution in [0.5, 0.6) is 0 Å². The van der Waals surface area contributed by atoms with E-state index in [1.54, 1.807) is 0 Å². The first-order valence-corrected chi connectivity index (χ1v) is 7.39. The molecule has 0 aliphatic carbocycles. The molecule has 1 aliphatic heterocycles. The lowest BCUT2D eigenvalue weighted by atomic mass is 9.88. The van der Waals surface area contributed by atoms with E-state index in [4.69, 9.17) is 0 Å². The Balaban J connectivity index is 2.00. The molecule has 0 amide bonds. The van der Waals surface area contributed by atoms with Gasteiger partial charge in [0.25, 0.3) is 0 Å². The van der Waals surface area contributed by atoms with Crippen LogP contribution >= 0.6 is 0 Å². The molecule has 1 atom stereocenters. The van der Waals surface area contributed by atoms with Gasteiger partial charge in [-0.2, -0.15) is 0 Å². The minimum Gasteiger partial charge on any atom is -0.303 e. The molecule has 1 nitrogen and oxygen atoms in total.